The van der Waals surface area contributed by atoms with Crippen LogP contribution in [0.2, 0.25) is 0 Å². The Bertz CT molecular complexity index is 1360. The van der Waals surface area contributed by atoms with Gasteiger partial charge in [0.2, 0.25) is 11.8 Å². The summed E-state index contributed by atoms with van der Waals surface area (Å²) in [5.74, 6) is -0.123. The van der Waals surface area contributed by atoms with E-state index in [0.29, 0.717) is 40.5 Å². The van der Waals surface area contributed by atoms with E-state index in [0.717, 1.165) is 5.56 Å². The summed E-state index contributed by atoms with van der Waals surface area (Å²) in [6, 6.07) is 9.21. The van der Waals surface area contributed by atoms with E-state index >= 15 is 0 Å². The first kappa shape index (κ1) is 27.7. The molecule has 5 N–H and O–H groups in total. The minimum atomic E-state index is -0.453. The minimum Gasteiger partial charge on any atom is -0.481 e. The number of carbonyl (C=O) groups is 1. The molecular formula is C26H30FN7O5. The summed E-state index contributed by atoms with van der Waals surface area (Å²) in [6.45, 7) is 0.942. The number of rotatable bonds is 10. The van der Waals surface area contributed by atoms with Crippen molar-refractivity contribution in [3.05, 3.63) is 64.7 Å². The summed E-state index contributed by atoms with van der Waals surface area (Å²) >= 11 is 0. The van der Waals surface area contributed by atoms with Gasteiger partial charge < -0.3 is 35.7 Å². The number of nitrogens with zero attached hydrogens (tertiary/aromatic N) is 5. The zero-order chi connectivity index (χ0) is 27.9. The number of aliphatic hydroxyl groups is 2. The summed E-state index contributed by atoms with van der Waals surface area (Å²) in [4.78, 5) is 32.3. The van der Waals surface area contributed by atoms with E-state index in [1.54, 1.807) is 31.2 Å². The molecule has 1 unspecified atom stereocenters. The molecule has 0 spiro atoms. The van der Waals surface area contributed by atoms with Crippen LogP contribution in [0.1, 0.15) is 28.6 Å². The van der Waals surface area contributed by atoms with E-state index in [1.165, 1.54) is 24.1 Å². The lowest BCUT2D eigenvalue weighted by Gasteiger charge is -2.29. The zero-order valence-corrected chi connectivity index (χ0v) is 21.6. The molecule has 13 heteroatoms. The Kier molecular flexibility index (Phi) is 8.84. The van der Waals surface area contributed by atoms with Crippen LogP contribution in [0.3, 0.4) is 0 Å². The fourth-order valence-electron chi connectivity index (χ4n) is 4.43. The van der Waals surface area contributed by atoms with Crippen molar-refractivity contribution < 1.29 is 29.0 Å². The van der Waals surface area contributed by atoms with Crippen LogP contribution >= 0.6 is 0 Å². The first-order valence-electron chi connectivity index (χ1n) is 12.2. The van der Waals surface area contributed by atoms with Crippen LogP contribution < -0.4 is 15.8 Å². The highest BCUT2D eigenvalue weighted by Crippen LogP contribution is 2.34. The third-order valence-corrected chi connectivity index (χ3v) is 6.16. The molecule has 12 nitrogen and oxygen atoms in total. The van der Waals surface area contributed by atoms with E-state index < -0.39 is 24.4 Å². The van der Waals surface area contributed by atoms with Crippen molar-refractivity contribution in [1.82, 2.24) is 25.2 Å². The number of halogens is 1. The second-order valence-corrected chi connectivity index (χ2v) is 8.73. The number of amides is 1. The maximum atomic E-state index is 14.4. The average molecular weight is 540 g/mol. The van der Waals surface area contributed by atoms with Gasteiger partial charge in [0.25, 0.3) is 5.91 Å². The normalized spacial score (nSPS) is 15.4. The number of ether oxygens (including phenoxy) is 1. The van der Waals surface area contributed by atoms with Crippen LogP contribution in [0.4, 0.5) is 10.3 Å². The average Bonchev–Trinajstić information content (AvgIpc) is 2.92. The molecule has 3 aromatic rings. The van der Waals surface area contributed by atoms with Crippen molar-refractivity contribution in [2.24, 2.45) is 5.16 Å². The molecule has 0 fully saturated rings. The number of aryl methyl sites for hydroxylation is 1. The monoisotopic (exact) mass is 539 g/mol. The number of hydrogen-bond donors (Lipinski definition) is 4. The van der Waals surface area contributed by atoms with Gasteiger partial charge in [0.1, 0.15) is 5.82 Å². The molecule has 0 bridgehead atoms. The number of carbonyl (C=O) groups excluding carboxylic acids is 1. The van der Waals surface area contributed by atoms with Crippen molar-refractivity contribution in [1.29, 1.82) is 0 Å². The van der Waals surface area contributed by atoms with Crippen LogP contribution in [0, 0.1) is 12.7 Å². The molecule has 3 heterocycles. The van der Waals surface area contributed by atoms with E-state index in [2.05, 4.69) is 25.4 Å². The topological polar surface area (TPSA) is 168 Å². The van der Waals surface area contributed by atoms with Crippen molar-refractivity contribution >= 4 is 17.7 Å². The number of anilines is 1. The van der Waals surface area contributed by atoms with Crippen LogP contribution in [-0.4, -0.2) is 81.8 Å². The maximum absolute atomic E-state index is 14.4. The smallest absolute Gasteiger partial charge is 0.263 e. The lowest BCUT2D eigenvalue weighted by atomic mass is 9.90. The molecule has 1 amide bonds. The molecule has 0 radical (unpaired) electrons. The minimum absolute atomic E-state index is 0.0559. The van der Waals surface area contributed by atoms with Gasteiger partial charge in [-0.25, -0.2) is 19.3 Å². The van der Waals surface area contributed by atoms with Gasteiger partial charge in [-0.05, 0) is 30.7 Å². The van der Waals surface area contributed by atoms with Gasteiger partial charge in [-0.3, -0.25) is 4.79 Å². The number of amidine groups is 1. The zero-order valence-electron chi connectivity index (χ0n) is 21.6. The Hall–Kier alpha value is -4.36. The SMILES string of the molecule is COc1cccc(-c2cc(F)ccc2C2Cc3nc(N)nc(C)c3/C(=N/OCC(=O)N(CCO)CCO)N2)n1. The molecule has 0 aliphatic carbocycles. The number of hydrogen-bond acceptors (Lipinski definition) is 10. The van der Waals surface area contributed by atoms with Gasteiger partial charge in [-0.2, -0.15) is 0 Å². The van der Waals surface area contributed by atoms with Gasteiger partial charge >= 0.3 is 0 Å². The van der Waals surface area contributed by atoms with Crippen molar-refractivity contribution in [2.75, 3.05) is 45.8 Å². The summed E-state index contributed by atoms with van der Waals surface area (Å²) in [6.07, 6.45) is 0.379. The molecule has 1 aromatic carbocycles. The Labute approximate surface area is 224 Å². The van der Waals surface area contributed by atoms with Crippen molar-refractivity contribution in [3.63, 3.8) is 0 Å². The lowest BCUT2D eigenvalue weighted by molar-refractivity contribution is -0.137. The third-order valence-electron chi connectivity index (χ3n) is 6.16. The summed E-state index contributed by atoms with van der Waals surface area (Å²) in [5, 5.41) is 25.9. The van der Waals surface area contributed by atoms with Crippen molar-refractivity contribution in [3.8, 4) is 17.1 Å². The summed E-state index contributed by atoms with van der Waals surface area (Å²) in [5.41, 5.74) is 9.47. The number of fused-ring (bicyclic) bond motifs is 1. The number of oxime groups is 1. The molecule has 39 heavy (non-hydrogen) atoms. The number of benzene rings is 1. The number of nitrogens with one attached hydrogen (secondary N) is 1. The second kappa shape index (κ2) is 12.5. The summed E-state index contributed by atoms with van der Waals surface area (Å²) in [7, 11) is 1.50. The standard InChI is InChI=1S/C26H30FN7O5/c1-15-24-21(32-26(28)29-15)13-20(31-25(24)33-39-14-23(37)34(8-10-35)9-11-36)17-7-6-16(27)12-18(17)19-4-3-5-22(30-19)38-2/h3-7,12,20,35-36H,8-11,13-14H2,1-2H3,(H,31,33)(H2,28,29,32). The fraction of sp³-hybridized carbons (Fsp3) is 0.346. The molecule has 1 atom stereocenters. The predicted octanol–water partition coefficient (Wildman–Crippen LogP) is 0.955. The number of aliphatic hydroxyl groups excluding tert-OH is 2. The molecule has 206 valence electrons. The Morgan fingerprint density at radius 2 is 1.97 bits per heavy atom. The molecule has 0 saturated carbocycles. The molecule has 4 rings (SSSR count). The third kappa shape index (κ3) is 6.38. The highest BCUT2D eigenvalue weighted by atomic mass is 19.1. The number of nitrogen functional groups attached to an aromatic ring is 1. The van der Waals surface area contributed by atoms with E-state index in [1.807, 2.05) is 0 Å². The van der Waals surface area contributed by atoms with E-state index in [-0.39, 0.29) is 38.1 Å². The number of nitrogens with two attached hydrogens (primary N) is 1. The summed E-state index contributed by atoms with van der Waals surface area (Å²) < 4.78 is 19.6. The molecule has 1 aliphatic rings. The Balaban J connectivity index is 1.69. The largest absolute Gasteiger partial charge is 0.481 e. The second-order valence-electron chi connectivity index (χ2n) is 8.73. The first-order chi connectivity index (χ1) is 18.8. The predicted molar refractivity (Wildman–Crippen MR) is 140 cm³/mol. The van der Waals surface area contributed by atoms with Gasteiger partial charge in [0, 0.05) is 31.1 Å². The highest BCUT2D eigenvalue weighted by molar-refractivity contribution is 6.01. The van der Waals surface area contributed by atoms with Gasteiger partial charge in [0.15, 0.2) is 12.4 Å². The van der Waals surface area contributed by atoms with Gasteiger partial charge in [0.05, 0.1) is 49.0 Å². The molecule has 1 aliphatic heterocycles. The Morgan fingerprint density at radius 1 is 1.21 bits per heavy atom. The number of methoxy groups -OCH3 is 1. The van der Waals surface area contributed by atoms with Gasteiger partial charge in [-0.15, -0.1) is 0 Å². The van der Waals surface area contributed by atoms with Crippen LogP contribution in [0.5, 0.6) is 5.88 Å². The maximum Gasteiger partial charge on any atom is 0.263 e. The van der Waals surface area contributed by atoms with Gasteiger partial charge in [-0.1, -0.05) is 17.3 Å². The Morgan fingerprint density at radius 3 is 2.69 bits per heavy atom. The number of pyridine rings is 1. The van der Waals surface area contributed by atoms with E-state index in [4.69, 9.17) is 15.3 Å². The van der Waals surface area contributed by atoms with Crippen molar-refractivity contribution in [2.45, 2.75) is 19.4 Å². The highest BCUT2D eigenvalue weighted by Gasteiger charge is 2.30. The molecule has 0 saturated heterocycles. The number of aromatic nitrogens is 3. The van der Waals surface area contributed by atoms with Crippen LogP contribution in [0.25, 0.3) is 11.3 Å². The molecule has 2 aromatic heterocycles. The fourth-order valence-corrected chi connectivity index (χ4v) is 4.43. The molecular weight excluding hydrogens is 509 g/mol. The quantitative estimate of drug-likeness (QED) is 0.272. The first-order valence-corrected chi connectivity index (χ1v) is 12.2. The lowest BCUT2D eigenvalue weighted by Crippen LogP contribution is -2.39. The van der Waals surface area contributed by atoms with Crippen LogP contribution in [-0.2, 0) is 16.1 Å². The van der Waals surface area contributed by atoms with Crippen LogP contribution in [0.15, 0.2) is 41.6 Å². The van der Waals surface area contributed by atoms with E-state index in [9.17, 15) is 19.4 Å².